The summed E-state index contributed by atoms with van der Waals surface area (Å²) in [5, 5.41) is 4.76. The summed E-state index contributed by atoms with van der Waals surface area (Å²) in [6.45, 7) is 1.27. The molecule has 18 heavy (non-hydrogen) atoms. The number of nitrogens with zero attached hydrogens (tertiary/aromatic N) is 2. The van der Waals surface area contributed by atoms with Gasteiger partial charge in [-0.1, -0.05) is 11.3 Å². The summed E-state index contributed by atoms with van der Waals surface area (Å²) in [6, 6.07) is 1.36. The van der Waals surface area contributed by atoms with Crippen LogP contribution in [0.2, 0.25) is 0 Å². The molecule has 4 heteroatoms. The van der Waals surface area contributed by atoms with Gasteiger partial charge in [-0.05, 0) is 51.5 Å². The van der Waals surface area contributed by atoms with Crippen LogP contribution in [0.15, 0.2) is 0 Å². The minimum absolute atomic E-state index is 0.555. The number of hydrogen-bond acceptors (Lipinski definition) is 4. The molecule has 1 N–H and O–H groups in total. The second kappa shape index (κ2) is 4.20. The van der Waals surface area contributed by atoms with E-state index in [2.05, 4.69) is 17.3 Å². The number of aryl methyl sites for hydroxylation is 1. The van der Waals surface area contributed by atoms with Gasteiger partial charge >= 0.3 is 0 Å². The largest absolute Gasteiger partial charge is 0.345 e. The molecule has 0 spiro atoms. The van der Waals surface area contributed by atoms with Crippen LogP contribution in [0.3, 0.4) is 0 Å². The Labute approximate surface area is 113 Å². The molecule has 1 saturated heterocycles. The van der Waals surface area contributed by atoms with Gasteiger partial charge in [0.25, 0.3) is 0 Å². The molecule has 3 nitrogen and oxygen atoms in total. The lowest BCUT2D eigenvalue weighted by Gasteiger charge is -2.26. The Morgan fingerprint density at radius 2 is 2.28 bits per heavy atom. The maximum Gasteiger partial charge on any atom is 0.186 e. The third-order valence-electron chi connectivity index (χ3n) is 4.94. The molecule has 2 aliphatic carbocycles. The second-order valence-corrected chi connectivity index (χ2v) is 7.04. The maximum absolute atomic E-state index is 4.95. The molecule has 2 fully saturated rings. The highest BCUT2D eigenvalue weighted by molar-refractivity contribution is 7.15. The fraction of sp³-hybridized carbons (Fsp3) is 0.786. The molecule has 98 valence electrons. The van der Waals surface area contributed by atoms with Crippen LogP contribution >= 0.6 is 11.3 Å². The summed E-state index contributed by atoms with van der Waals surface area (Å²) in [5.41, 5.74) is 1.38. The molecule has 3 aliphatic rings. The first kappa shape index (κ1) is 11.2. The monoisotopic (exact) mass is 263 g/mol. The zero-order chi connectivity index (χ0) is 12.1. The normalized spacial score (nSPS) is 34.1. The predicted molar refractivity (Wildman–Crippen MR) is 75.3 cm³/mol. The van der Waals surface area contributed by atoms with Crippen LogP contribution in [0.5, 0.6) is 0 Å². The Morgan fingerprint density at radius 3 is 3.00 bits per heavy atom. The molecule has 3 atom stereocenters. The third kappa shape index (κ3) is 1.62. The van der Waals surface area contributed by atoms with E-state index in [0.717, 1.165) is 12.0 Å². The number of aromatic nitrogens is 1. The number of nitrogens with one attached hydrogen (secondary N) is 1. The van der Waals surface area contributed by atoms with Crippen molar-refractivity contribution in [1.82, 2.24) is 10.3 Å². The molecule has 0 aromatic carbocycles. The Hall–Kier alpha value is -0.610. The lowest BCUT2D eigenvalue weighted by atomic mass is 9.98. The quantitative estimate of drug-likeness (QED) is 0.889. The molecule has 1 aromatic rings. The SMILES string of the molecule is CNC1CCCc2nc(N3CC4CCC3C4)sc21. The highest BCUT2D eigenvalue weighted by Crippen LogP contribution is 2.44. The third-order valence-corrected chi connectivity index (χ3v) is 6.19. The van der Waals surface area contributed by atoms with E-state index in [0.29, 0.717) is 6.04 Å². The van der Waals surface area contributed by atoms with Crippen LogP contribution in [0.1, 0.15) is 48.7 Å². The number of piperidine rings is 1. The van der Waals surface area contributed by atoms with E-state index in [9.17, 15) is 0 Å². The lowest BCUT2D eigenvalue weighted by Crippen LogP contribution is -2.31. The number of thiazole rings is 1. The van der Waals surface area contributed by atoms with Crippen LogP contribution in [-0.2, 0) is 6.42 Å². The first-order valence-corrected chi connectivity index (χ1v) is 8.10. The number of rotatable bonds is 2. The fourth-order valence-corrected chi connectivity index (χ4v) is 5.30. The highest BCUT2D eigenvalue weighted by Gasteiger charge is 2.39. The standard InChI is InChI=1S/C14H21N3S/c1-15-11-3-2-4-12-13(11)18-14(16-12)17-8-9-5-6-10(17)7-9/h9-11,15H,2-8H2,1H3. The van der Waals surface area contributed by atoms with Crippen LogP contribution in [-0.4, -0.2) is 24.6 Å². The smallest absolute Gasteiger partial charge is 0.186 e. The molecule has 1 saturated carbocycles. The summed E-state index contributed by atoms with van der Waals surface area (Å²) in [7, 11) is 2.08. The molecule has 3 unspecified atom stereocenters. The zero-order valence-electron chi connectivity index (χ0n) is 11.0. The first-order chi connectivity index (χ1) is 8.85. The van der Waals surface area contributed by atoms with Gasteiger partial charge in [0.15, 0.2) is 5.13 Å². The van der Waals surface area contributed by atoms with Gasteiger partial charge in [-0.25, -0.2) is 4.98 Å². The van der Waals surface area contributed by atoms with Crippen molar-refractivity contribution < 1.29 is 0 Å². The predicted octanol–water partition coefficient (Wildman–Crippen LogP) is 2.73. The Kier molecular flexibility index (Phi) is 2.62. The van der Waals surface area contributed by atoms with E-state index in [-0.39, 0.29) is 0 Å². The summed E-state index contributed by atoms with van der Waals surface area (Å²) in [6.07, 6.45) is 8.01. The van der Waals surface area contributed by atoms with Gasteiger partial charge in [-0.2, -0.15) is 0 Å². The zero-order valence-corrected chi connectivity index (χ0v) is 11.8. The average molecular weight is 263 g/mol. The Balaban J connectivity index is 1.65. The van der Waals surface area contributed by atoms with Crippen LogP contribution < -0.4 is 10.2 Å². The van der Waals surface area contributed by atoms with Crippen molar-refractivity contribution in [2.75, 3.05) is 18.5 Å². The van der Waals surface area contributed by atoms with Gasteiger partial charge in [0.2, 0.25) is 0 Å². The topological polar surface area (TPSA) is 28.2 Å². The molecule has 0 amide bonds. The van der Waals surface area contributed by atoms with Crippen molar-refractivity contribution in [3.63, 3.8) is 0 Å². The molecule has 0 radical (unpaired) electrons. The van der Waals surface area contributed by atoms with Crippen LogP contribution in [0, 0.1) is 5.92 Å². The van der Waals surface area contributed by atoms with E-state index in [1.165, 1.54) is 60.8 Å². The minimum Gasteiger partial charge on any atom is -0.345 e. The van der Waals surface area contributed by atoms with Gasteiger partial charge in [-0.3, -0.25) is 0 Å². The number of hydrogen-bond donors (Lipinski definition) is 1. The van der Waals surface area contributed by atoms with E-state index in [4.69, 9.17) is 4.98 Å². The second-order valence-electron chi connectivity index (χ2n) is 6.03. The summed E-state index contributed by atoms with van der Waals surface area (Å²) in [4.78, 5) is 9.07. The fourth-order valence-electron chi connectivity index (χ4n) is 3.96. The van der Waals surface area contributed by atoms with Crippen molar-refractivity contribution >= 4 is 16.5 Å². The molecule has 2 bridgehead atoms. The molecular formula is C14H21N3S. The summed E-state index contributed by atoms with van der Waals surface area (Å²) >= 11 is 1.96. The first-order valence-electron chi connectivity index (χ1n) is 7.28. The highest BCUT2D eigenvalue weighted by atomic mass is 32.1. The Bertz CT molecular complexity index is 456. The Morgan fingerprint density at radius 1 is 1.33 bits per heavy atom. The molecule has 1 aromatic heterocycles. The molecule has 1 aliphatic heterocycles. The van der Waals surface area contributed by atoms with Crippen molar-refractivity contribution in [2.45, 2.75) is 50.6 Å². The van der Waals surface area contributed by atoms with E-state index in [1.807, 2.05) is 11.3 Å². The van der Waals surface area contributed by atoms with Gasteiger partial charge < -0.3 is 10.2 Å². The summed E-state index contributed by atoms with van der Waals surface area (Å²) < 4.78 is 0. The molecule has 4 rings (SSSR count). The van der Waals surface area contributed by atoms with E-state index >= 15 is 0 Å². The van der Waals surface area contributed by atoms with E-state index < -0.39 is 0 Å². The van der Waals surface area contributed by atoms with Gasteiger partial charge in [0, 0.05) is 23.5 Å². The number of anilines is 1. The van der Waals surface area contributed by atoms with Crippen LogP contribution in [0.4, 0.5) is 5.13 Å². The van der Waals surface area contributed by atoms with Gasteiger partial charge in [0.05, 0.1) is 5.69 Å². The minimum atomic E-state index is 0.555. The summed E-state index contributed by atoms with van der Waals surface area (Å²) in [5.74, 6) is 0.955. The van der Waals surface area contributed by atoms with Crippen molar-refractivity contribution in [3.05, 3.63) is 10.6 Å². The number of fused-ring (bicyclic) bond motifs is 3. The van der Waals surface area contributed by atoms with Crippen LogP contribution in [0.25, 0.3) is 0 Å². The average Bonchev–Trinajstić information content (AvgIpc) is 3.11. The maximum atomic E-state index is 4.95. The molecular weight excluding hydrogens is 242 g/mol. The van der Waals surface area contributed by atoms with Gasteiger partial charge in [0.1, 0.15) is 0 Å². The van der Waals surface area contributed by atoms with Crippen molar-refractivity contribution in [3.8, 4) is 0 Å². The van der Waals surface area contributed by atoms with Crippen molar-refractivity contribution in [2.24, 2.45) is 5.92 Å². The van der Waals surface area contributed by atoms with Crippen molar-refractivity contribution in [1.29, 1.82) is 0 Å². The lowest BCUT2D eigenvalue weighted by molar-refractivity contribution is 0.500. The van der Waals surface area contributed by atoms with E-state index in [1.54, 1.807) is 0 Å². The molecule has 2 heterocycles. The van der Waals surface area contributed by atoms with Gasteiger partial charge in [-0.15, -0.1) is 0 Å².